The number of nitrogens with one attached hydrogen (secondary N) is 1. The van der Waals surface area contributed by atoms with Crippen LogP contribution in [0.4, 0.5) is 5.69 Å². The molecule has 1 N–H and O–H groups in total. The molecule has 0 aliphatic carbocycles. The van der Waals surface area contributed by atoms with E-state index in [2.05, 4.69) is 5.32 Å². The van der Waals surface area contributed by atoms with Crippen LogP contribution in [-0.4, -0.2) is 31.6 Å². The van der Waals surface area contributed by atoms with Crippen LogP contribution in [-0.2, 0) is 9.59 Å². The minimum absolute atomic E-state index is 0.0639. The van der Waals surface area contributed by atoms with Gasteiger partial charge in [-0.25, -0.2) is 0 Å². The largest absolute Gasteiger partial charge is 0.494 e. The Hall–Kier alpha value is -3.02. The molecular formula is C23H28N2O4. The third kappa shape index (κ3) is 4.88. The fourth-order valence-electron chi connectivity index (χ4n) is 3.51. The molecule has 0 saturated carbocycles. The van der Waals surface area contributed by atoms with Crippen molar-refractivity contribution < 1.29 is 19.1 Å². The number of nitrogens with zero attached hydrogens (tertiary/aromatic N) is 1. The zero-order chi connectivity index (χ0) is 20.8. The molecule has 1 saturated heterocycles. The summed E-state index contributed by atoms with van der Waals surface area (Å²) >= 11 is 0. The highest BCUT2D eigenvalue weighted by molar-refractivity contribution is 6.01. The lowest BCUT2D eigenvalue weighted by Crippen LogP contribution is -2.34. The van der Waals surface area contributed by atoms with E-state index < -0.39 is 0 Å². The van der Waals surface area contributed by atoms with E-state index in [1.807, 2.05) is 69.3 Å². The predicted octanol–water partition coefficient (Wildman–Crippen LogP) is 3.71. The summed E-state index contributed by atoms with van der Waals surface area (Å²) in [6.07, 6.45) is 0.197. The Morgan fingerprint density at radius 2 is 1.79 bits per heavy atom. The van der Waals surface area contributed by atoms with Crippen LogP contribution in [0.15, 0.2) is 48.5 Å². The Labute approximate surface area is 171 Å². The second kappa shape index (κ2) is 9.45. The zero-order valence-electron chi connectivity index (χ0n) is 17.2. The van der Waals surface area contributed by atoms with Gasteiger partial charge in [0.2, 0.25) is 11.8 Å². The van der Waals surface area contributed by atoms with Gasteiger partial charge in [-0.15, -0.1) is 0 Å². The SMILES string of the molecule is CCOc1ccc(C(C)NC(=O)C2CC(=O)N(c3ccccc3OCC)C2)cc1. The van der Waals surface area contributed by atoms with E-state index in [1.165, 1.54) is 0 Å². The van der Waals surface area contributed by atoms with Crippen LogP contribution in [0.3, 0.4) is 0 Å². The third-order valence-electron chi connectivity index (χ3n) is 5.00. The smallest absolute Gasteiger partial charge is 0.227 e. The van der Waals surface area contributed by atoms with E-state index in [4.69, 9.17) is 9.47 Å². The van der Waals surface area contributed by atoms with Crippen molar-refractivity contribution in [2.45, 2.75) is 33.2 Å². The van der Waals surface area contributed by atoms with Crippen molar-refractivity contribution in [3.8, 4) is 11.5 Å². The summed E-state index contributed by atoms with van der Waals surface area (Å²) in [5, 5.41) is 3.03. The Balaban J connectivity index is 1.64. The van der Waals surface area contributed by atoms with E-state index in [0.29, 0.717) is 31.2 Å². The number of carbonyl (C=O) groups is 2. The fourth-order valence-corrected chi connectivity index (χ4v) is 3.51. The van der Waals surface area contributed by atoms with Crippen LogP contribution in [0, 0.1) is 5.92 Å². The first-order valence-electron chi connectivity index (χ1n) is 10.1. The maximum atomic E-state index is 12.8. The number of anilines is 1. The second-order valence-electron chi connectivity index (χ2n) is 7.04. The highest BCUT2D eigenvalue weighted by Gasteiger charge is 2.36. The van der Waals surface area contributed by atoms with Gasteiger partial charge in [-0.1, -0.05) is 24.3 Å². The maximum absolute atomic E-state index is 12.8. The number of carbonyl (C=O) groups excluding carboxylic acids is 2. The summed E-state index contributed by atoms with van der Waals surface area (Å²) < 4.78 is 11.1. The van der Waals surface area contributed by atoms with E-state index in [-0.39, 0.29) is 30.2 Å². The molecule has 1 heterocycles. The van der Waals surface area contributed by atoms with E-state index >= 15 is 0 Å². The van der Waals surface area contributed by atoms with Crippen LogP contribution in [0.25, 0.3) is 0 Å². The first kappa shape index (κ1) is 20.7. The van der Waals surface area contributed by atoms with Gasteiger partial charge in [0, 0.05) is 13.0 Å². The summed E-state index contributed by atoms with van der Waals surface area (Å²) in [5.74, 6) is 0.899. The van der Waals surface area contributed by atoms with E-state index in [1.54, 1.807) is 4.90 Å². The van der Waals surface area contributed by atoms with Gasteiger partial charge in [0.1, 0.15) is 11.5 Å². The minimum atomic E-state index is -0.387. The van der Waals surface area contributed by atoms with E-state index in [0.717, 1.165) is 11.3 Å². The number of hydrogen-bond donors (Lipinski definition) is 1. The molecule has 2 unspecified atom stereocenters. The molecule has 2 atom stereocenters. The molecule has 2 aromatic rings. The number of rotatable bonds is 8. The van der Waals surface area contributed by atoms with Gasteiger partial charge in [0.25, 0.3) is 0 Å². The number of benzene rings is 2. The molecule has 1 aliphatic rings. The van der Waals surface area contributed by atoms with Crippen molar-refractivity contribution >= 4 is 17.5 Å². The van der Waals surface area contributed by atoms with E-state index in [9.17, 15) is 9.59 Å². The average Bonchev–Trinajstić information content (AvgIpc) is 3.11. The van der Waals surface area contributed by atoms with Crippen LogP contribution in [0.2, 0.25) is 0 Å². The summed E-state index contributed by atoms with van der Waals surface area (Å²) in [5.41, 5.74) is 1.71. The van der Waals surface area contributed by atoms with Crippen molar-refractivity contribution in [2.24, 2.45) is 5.92 Å². The lowest BCUT2D eigenvalue weighted by molar-refractivity contribution is -0.126. The van der Waals surface area contributed by atoms with Gasteiger partial charge in [-0.2, -0.15) is 0 Å². The molecule has 1 aliphatic heterocycles. The van der Waals surface area contributed by atoms with Crippen LogP contribution in [0.5, 0.6) is 11.5 Å². The molecule has 6 heteroatoms. The molecule has 6 nitrogen and oxygen atoms in total. The topological polar surface area (TPSA) is 67.9 Å². The molecule has 154 valence electrons. The summed E-state index contributed by atoms with van der Waals surface area (Å²) in [4.78, 5) is 27.0. The van der Waals surface area contributed by atoms with Crippen molar-refractivity contribution in [1.82, 2.24) is 5.32 Å². The minimum Gasteiger partial charge on any atom is -0.494 e. The molecule has 0 spiro atoms. The number of hydrogen-bond acceptors (Lipinski definition) is 4. The van der Waals surface area contributed by atoms with Crippen LogP contribution in [0.1, 0.15) is 38.8 Å². The lowest BCUT2D eigenvalue weighted by Gasteiger charge is -2.21. The number of amides is 2. The molecule has 0 aromatic heterocycles. The first-order valence-corrected chi connectivity index (χ1v) is 10.1. The molecule has 29 heavy (non-hydrogen) atoms. The Morgan fingerprint density at radius 1 is 1.10 bits per heavy atom. The highest BCUT2D eigenvalue weighted by atomic mass is 16.5. The first-order chi connectivity index (χ1) is 14.0. The normalized spacial score (nSPS) is 17.1. The van der Waals surface area contributed by atoms with Crippen molar-refractivity contribution in [3.63, 3.8) is 0 Å². The third-order valence-corrected chi connectivity index (χ3v) is 5.00. The molecule has 0 radical (unpaired) electrons. The quantitative estimate of drug-likeness (QED) is 0.739. The summed E-state index contributed by atoms with van der Waals surface area (Å²) in [6.45, 7) is 7.26. The standard InChI is InChI=1S/C23H28N2O4/c1-4-28-19-12-10-17(11-13-19)16(3)24-23(27)18-14-22(26)25(15-18)20-8-6-7-9-21(20)29-5-2/h6-13,16,18H,4-5,14-15H2,1-3H3,(H,24,27). The maximum Gasteiger partial charge on any atom is 0.227 e. The Bertz CT molecular complexity index is 850. The van der Waals surface area contributed by atoms with Gasteiger partial charge in [0.05, 0.1) is 30.9 Å². The van der Waals surface area contributed by atoms with Gasteiger partial charge < -0.3 is 19.7 Å². The number of para-hydroxylation sites is 2. The Morgan fingerprint density at radius 3 is 2.48 bits per heavy atom. The highest BCUT2D eigenvalue weighted by Crippen LogP contribution is 2.33. The average molecular weight is 396 g/mol. The fraction of sp³-hybridized carbons (Fsp3) is 0.391. The molecule has 3 rings (SSSR count). The summed E-state index contributed by atoms with van der Waals surface area (Å²) in [7, 11) is 0. The molecule has 1 fully saturated rings. The summed E-state index contributed by atoms with van der Waals surface area (Å²) in [6, 6.07) is 15.0. The van der Waals surface area contributed by atoms with Gasteiger partial charge in [-0.05, 0) is 50.6 Å². The van der Waals surface area contributed by atoms with Crippen molar-refractivity contribution in [1.29, 1.82) is 0 Å². The zero-order valence-corrected chi connectivity index (χ0v) is 17.2. The van der Waals surface area contributed by atoms with Crippen LogP contribution < -0.4 is 19.7 Å². The molecule has 2 amide bonds. The predicted molar refractivity (Wildman–Crippen MR) is 112 cm³/mol. The lowest BCUT2D eigenvalue weighted by atomic mass is 10.0. The second-order valence-corrected chi connectivity index (χ2v) is 7.04. The molecule has 2 aromatic carbocycles. The van der Waals surface area contributed by atoms with Gasteiger partial charge >= 0.3 is 0 Å². The molecular weight excluding hydrogens is 368 g/mol. The number of ether oxygens (including phenoxy) is 2. The van der Waals surface area contributed by atoms with Crippen molar-refractivity contribution in [3.05, 3.63) is 54.1 Å². The van der Waals surface area contributed by atoms with Gasteiger partial charge in [-0.3, -0.25) is 9.59 Å². The monoisotopic (exact) mass is 396 g/mol. The van der Waals surface area contributed by atoms with Gasteiger partial charge in [0.15, 0.2) is 0 Å². The van der Waals surface area contributed by atoms with Crippen LogP contribution >= 0.6 is 0 Å². The Kier molecular flexibility index (Phi) is 6.75. The molecule has 0 bridgehead atoms. The van der Waals surface area contributed by atoms with Crippen molar-refractivity contribution in [2.75, 3.05) is 24.7 Å².